The molecule has 1 aromatic carbocycles. The summed E-state index contributed by atoms with van der Waals surface area (Å²) in [6.45, 7) is 2.93. The largest absolute Gasteiger partial charge is 0.368 e. The molecule has 1 radical (unpaired) electrons. The SMILES string of the molecule is CCCCCCOC(C=N)c1cc[c]cc1. The molecule has 0 heterocycles. The maximum absolute atomic E-state index is 7.35. The molecule has 87 valence electrons. The van der Waals surface area contributed by atoms with Crippen molar-refractivity contribution in [3.8, 4) is 0 Å². The quantitative estimate of drug-likeness (QED) is 0.523. The van der Waals surface area contributed by atoms with E-state index in [1.165, 1.54) is 25.5 Å². The van der Waals surface area contributed by atoms with Gasteiger partial charge in [-0.3, -0.25) is 0 Å². The van der Waals surface area contributed by atoms with Crippen molar-refractivity contribution in [2.75, 3.05) is 6.61 Å². The van der Waals surface area contributed by atoms with Gasteiger partial charge >= 0.3 is 0 Å². The van der Waals surface area contributed by atoms with Crippen molar-refractivity contribution in [2.45, 2.75) is 38.7 Å². The van der Waals surface area contributed by atoms with E-state index in [0.717, 1.165) is 18.6 Å². The summed E-state index contributed by atoms with van der Waals surface area (Å²) >= 11 is 0. The maximum atomic E-state index is 7.35. The molecular formula is C14H20NO. The zero-order valence-corrected chi connectivity index (χ0v) is 9.91. The van der Waals surface area contributed by atoms with Crippen LogP contribution in [-0.2, 0) is 4.74 Å². The maximum Gasteiger partial charge on any atom is 0.117 e. The van der Waals surface area contributed by atoms with Crippen LogP contribution in [0.5, 0.6) is 0 Å². The fraction of sp³-hybridized carbons (Fsp3) is 0.500. The van der Waals surface area contributed by atoms with E-state index in [1.54, 1.807) is 0 Å². The molecule has 1 rings (SSSR count). The van der Waals surface area contributed by atoms with Gasteiger partial charge in [0.05, 0.1) is 0 Å². The molecule has 1 N–H and O–H groups in total. The van der Waals surface area contributed by atoms with Crippen LogP contribution in [0.4, 0.5) is 0 Å². The summed E-state index contributed by atoms with van der Waals surface area (Å²) in [6.07, 6.45) is 5.95. The first-order chi connectivity index (χ1) is 7.88. The summed E-state index contributed by atoms with van der Waals surface area (Å²) in [5, 5.41) is 7.35. The van der Waals surface area contributed by atoms with Gasteiger partial charge in [-0.05, 0) is 18.1 Å². The van der Waals surface area contributed by atoms with E-state index in [-0.39, 0.29) is 6.10 Å². The average Bonchev–Trinajstić information content (AvgIpc) is 2.35. The minimum atomic E-state index is -0.198. The summed E-state index contributed by atoms with van der Waals surface area (Å²) in [5.41, 5.74) is 1.03. The van der Waals surface area contributed by atoms with E-state index < -0.39 is 0 Å². The summed E-state index contributed by atoms with van der Waals surface area (Å²) in [6, 6.07) is 10.6. The predicted octanol–water partition coefficient (Wildman–Crippen LogP) is 3.77. The summed E-state index contributed by atoms with van der Waals surface area (Å²) in [4.78, 5) is 0. The van der Waals surface area contributed by atoms with Crippen LogP contribution >= 0.6 is 0 Å². The molecule has 0 saturated heterocycles. The topological polar surface area (TPSA) is 33.1 Å². The van der Waals surface area contributed by atoms with Crippen molar-refractivity contribution >= 4 is 6.21 Å². The number of hydrogen-bond acceptors (Lipinski definition) is 2. The highest BCUT2D eigenvalue weighted by molar-refractivity contribution is 5.62. The Labute approximate surface area is 98.1 Å². The molecule has 0 aromatic heterocycles. The van der Waals surface area contributed by atoms with Gasteiger partial charge in [-0.2, -0.15) is 0 Å². The van der Waals surface area contributed by atoms with Crippen LogP contribution in [0.25, 0.3) is 0 Å². The van der Waals surface area contributed by atoms with Crippen molar-refractivity contribution < 1.29 is 4.74 Å². The molecule has 0 spiro atoms. The lowest BCUT2D eigenvalue weighted by molar-refractivity contribution is 0.0971. The normalized spacial score (nSPS) is 12.3. The Morgan fingerprint density at radius 2 is 2.06 bits per heavy atom. The van der Waals surface area contributed by atoms with E-state index in [4.69, 9.17) is 10.1 Å². The highest BCUT2D eigenvalue weighted by Gasteiger charge is 2.07. The van der Waals surface area contributed by atoms with Crippen LogP contribution in [0.3, 0.4) is 0 Å². The lowest BCUT2D eigenvalue weighted by Crippen LogP contribution is -2.06. The van der Waals surface area contributed by atoms with Gasteiger partial charge in [-0.15, -0.1) is 0 Å². The molecule has 1 unspecified atom stereocenters. The van der Waals surface area contributed by atoms with Crippen LogP contribution < -0.4 is 0 Å². The van der Waals surface area contributed by atoms with E-state index in [0.29, 0.717) is 0 Å². The first-order valence-electron chi connectivity index (χ1n) is 5.96. The Morgan fingerprint density at radius 3 is 2.69 bits per heavy atom. The van der Waals surface area contributed by atoms with Crippen LogP contribution in [-0.4, -0.2) is 12.8 Å². The lowest BCUT2D eigenvalue weighted by atomic mass is 10.1. The molecule has 2 nitrogen and oxygen atoms in total. The minimum Gasteiger partial charge on any atom is -0.368 e. The number of rotatable bonds is 8. The Hall–Kier alpha value is -1.15. The molecule has 0 fully saturated rings. The summed E-state index contributed by atoms with van der Waals surface area (Å²) < 4.78 is 5.67. The molecule has 1 atom stereocenters. The highest BCUT2D eigenvalue weighted by Crippen LogP contribution is 2.15. The molecule has 0 bridgehead atoms. The van der Waals surface area contributed by atoms with Crippen LogP contribution in [0.2, 0.25) is 0 Å². The average molecular weight is 218 g/mol. The Kier molecular flexibility index (Phi) is 6.50. The minimum absolute atomic E-state index is 0.198. The van der Waals surface area contributed by atoms with E-state index >= 15 is 0 Å². The number of ether oxygens (including phenoxy) is 1. The molecule has 0 amide bonds. The zero-order valence-electron chi connectivity index (χ0n) is 9.91. The van der Waals surface area contributed by atoms with Crippen LogP contribution in [0.15, 0.2) is 24.3 Å². The zero-order chi connectivity index (χ0) is 11.6. The second kappa shape index (κ2) is 8.05. The molecule has 0 aliphatic carbocycles. The Balaban J connectivity index is 2.30. The molecule has 1 aromatic rings. The second-order valence-corrected chi connectivity index (χ2v) is 3.85. The first kappa shape index (κ1) is 12.9. The van der Waals surface area contributed by atoms with Crippen molar-refractivity contribution in [3.05, 3.63) is 35.9 Å². The molecule has 16 heavy (non-hydrogen) atoms. The molecular weight excluding hydrogens is 198 g/mol. The molecule has 0 aliphatic heterocycles. The summed E-state index contributed by atoms with van der Waals surface area (Å²) in [5.74, 6) is 0. The van der Waals surface area contributed by atoms with Gasteiger partial charge in [0.25, 0.3) is 0 Å². The van der Waals surface area contributed by atoms with Gasteiger partial charge in [0.15, 0.2) is 0 Å². The summed E-state index contributed by atoms with van der Waals surface area (Å²) in [7, 11) is 0. The van der Waals surface area contributed by atoms with Crippen molar-refractivity contribution in [1.29, 1.82) is 5.41 Å². The van der Waals surface area contributed by atoms with E-state index in [1.807, 2.05) is 24.3 Å². The third kappa shape index (κ3) is 4.58. The number of unbranched alkanes of at least 4 members (excludes halogenated alkanes) is 3. The molecule has 0 saturated carbocycles. The van der Waals surface area contributed by atoms with Crippen molar-refractivity contribution in [3.63, 3.8) is 0 Å². The van der Waals surface area contributed by atoms with E-state index in [9.17, 15) is 0 Å². The fourth-order valence-corrected chi connectivity index (χ4v) is 1.57. The second-order valence-electron chi connectivity index (χ2n) is 3.85. The number of nitrogens with one attached hydrogen (secondary N) is 1. The van der Waals surface area contributed by atoms with Gasteiger partial charge in [0.1, 0.15) is 6.10 Å². The van der Waals surface area contributed by atoms with Gasteiger partial charge in [0, 0.05) is 12.8 Å². The van der Waals surface area contributed by atoms with Gasteiger partial charge in [-0.1, -0.05) is 50.5 Å². The monoisotopic (exact) mass is 218 g/mol. The first-order valence-corrected chi connectivity index (χ1v) is 5.96. The molecule has 0 aliphatic rings. The van der Waals surface area contributed by atoms with Gasteiger partial charge in [-0.25, -0.2) is 0 Å². The third-order valence-corrected chi connectivity index (χ3v) is 2.52. The third-order valence-electron chi connectivity index (χ3n) is 2.52. The number of benzene rings is 1. The highest BCUT2D eigenvalue weighted by atomic mass is 16.5. The Bertz CT molecular complexity index is 284. The fourth-order valence-electron chi connectivity index (χ4n) is 1.57. The standard InChI is InChI=1S/C14H20NO/c1-2-3-4-8-11-16-14(12-15)13-9-6-5-7-10-13/h6-7,9-10,12,14-15H,2-4,8,11H2,1H3. The number of hydrogen-bond donors (Lipinski definition) is 1. The van der Waals surface area contributed by atoms with Crippen molar-refractivity contribution in [1.82, 2.24) is 0 Å². The lowest BCUT2D eigenvalue weighted by Gasteiger charge is -2.13. The smallest absolute Gasteiger partial charge is 0.117 e. The van der Waals surface area contributed by atoms with Gasteiger partial charge < -0.3 is 10.1 Å². The van der Waals surface area contributed by atoms with Gasteiger partial charge in [0.2, 0.25) is 0 Å². The van der Waals surface area contributed by atoms with Crippen molar-refractivity contribution in [2.24, 2.45) is 0 Å². The van der Waals surface area contributed by atoms with Crippen LogP contribution in [0, 0.1) is 11.5 Å². The van der Waals surface area contributed by atoms with E-state index in [2.05, 4.69) is 13.0 Å². The predicted molar refractivity (Wildman–Crippen MR) is 66.9 cm³/mol. The van der Waals surface area contributed by atoms with Crippen LogP contribution in [0.1, 0.15) is 44.3 Å². The molecule has 2 heteroatoms. The Morgan fingerprint density at radius 1 is 1.31 bits per heavy atom.